The van der Waals surface area contributed by atoms with Gasteiger partial charge in [-0.25, -0.2) is 4.39 Å². The summed E-state index contributed by atoms with van der Waals surface area (Å²) in [5, 5.41) is 3.98. The zero-order valence-electron chi connectivity index (χ0n) is 13.4. The Morgan fingerprint density at radius 3 is 3.08 bits per heavy atom. The van der Waals surface area contributed by atoms with E-state index in [1.54, 1.807) is 17.9 Å². The standard InChI is InChI=1S/C17H18FN3O3/c1-10-19-16(20-24-10)11-3-2-6-21(9-11)17(22)15-8-12-7-13(18)4-5-14(12)23-15/h4-5,7,11,15H,2-3,6,8-9H2,1H3/t11-,15-/m1/s1. The van der Waals surface area contributed by atoms with Gasteiger partial charge in [-0.05, 0) is 31.0 Å². The second-order valence-corrected chi connectivity index (χ2v) is 6.36. The van der Waals surface area contributed by atoms with Crippen LogP contribution in [0.2, 0.25) is 0 Å². The summed E-state index contributed by atoms with van der Waals surface area (Å²) in [7, 11) is 0. The van der Waals surface area contributed by atoms with Gasteiger partial charge in [0.25, 0.3) is 5.91 Å². The molecule has 2 atom stereocenters. The number of hydrogen-bond acceptors (Lipinski definition) is 5. The van der Waals surface area contributed by atoms with E-state index in [-0.39, 0.29) is 17.6 Å². The molecule has 0 saturated carbocycles. The smallest absolute Gasteiger partial charge is 0.264 e. The molecular weight excluding hydrogens is 313 g/mol. The molecule has 0 N–H and O–H groups in total. The number of benzene rings is 1. The number of hydrogen-bond donors (Lipinski definition) is 0. The van der Waals surface area contributed by atoms with E-state index in [0.717, 1.165) is 18.4 Å². The van der Waals surface area contributed by atoms with E-state index in [4.69, 9.17) is 9.26 Å². The fraction of sp³-hybridized carbons (Fsp3) is 0.471. The van der Waals surface area contributed by atoms with Crippen molar-refractivity contribution in [2.45, 2.75) is 38.2 Å². The number of piperidine rings is 1. The molecule has 1 aromatic carbocycles. The Kier molecular flexibility index (Phi) is 3.70. The molecule has 0 radical (unpaired) electrons. The highest BCUT2D eigenvalue weighted by Gasteiger charge is 2.35. The zero-order chi connectivity index (χ0) is 16.7. The summed E-state index contributed by atoms with van der Waals surface area (Å²) in [5.41, 5.74) is 0.746. The van der Waals surface area contributed by atoms with Gasteiger partial charge in [-0.2, -0.15) is 4.98 Å². The van der Waals surface area contributed by atoms with Crippen LogP contribution in [0.3, 0.4) is 0 Å². The molecule has 7 heteroatoms. The number of carbonyl (C=O) groups excluding carboxylic acids is 1. The average molecular weight is 331 g/mol. The van der Waals surface area contributed by atoms with Crippen molar-refractivity contribution in [3.63, 3.8) is 0 Å². The molecule has 1 saturated heterocycles. The van der Waals surface area contributed by atoms with Crippen LogP contribution in [-0.4, -0.2) is 40.1 Å². The van der Waals surface area contributed by atoms with Crippen molar-refractivity contribution >= 4 is 5.91 Å². The third kappa shape index (κ3) is 2.74. The normalized spacial score (nSPS) is 23.0. The third-order valence-corrected chi connectivity index (χ3v) is 4.61. The third-order valence-electron chi connectivity index (χ3n) is 4.61. The summed E-state index contributed by atoms with van der Waals surface area (Å²) in [4.78, 5) is 18.9. The van der Waals surface area contributed by atoms with Crippen molar-refractivity contribution in [3.05, 3.63) is 41.3 Å². The Morgan fingerprint density at radius 1 is 1.42 bits per heavy atom. The minimum absolute atomic E-state index is 0.0588. The van der Waals surface area contributed by atoms with Crippen LogP contribution in [0.1, 0.15) is 36.0 Å². The second-order valence-electron chi connectivity index (χ2n) is 6.36. The maximum atomic E-state index is 13.3. The number of nitrogens with zero attached hydrogens (tertiary/aromatic N) is 3. The van der Waals surface area contributed by atoms with E-state index in [9.17, 15) is 9.18 Å². The summed E-state index contributed by atoms with van der Waals surface area (Å²) in [5.74, 6) is 1.50. The van der Waals surface area contributed by atoms with Gasteiger partial charge in [0.2, 0.25) is 5.89 Å². The highest BCUT2D eigenvalue weighted by atomic mass is 19.1. The van der Waals surface area contributed by atoms with Crippen molar-refractivity contribution in [2.75, 3.05) is 13.1 Å². The summed E-state index contributed by atoms with van der Waals surface area (Å²) < 4.78 is 24.1. The Hall–Kier alpha value is -2.44. The number of rotatable bonds is 2. The largest absolute Gasteiger partial charge is 0.480 e. The van der Waals surface area contributed by atoms with Crippen molar-refractivity contribution in [3.8, 4) is 5.75 Å². The van der Waals surface area contributed by atoms with Crippen molar-refractivity contribution in [1.29, 1.82) is 0 Å². The number of aromatic nitrogens is 2. The lowest BCUT2D eigenvalue weighted by atomic mass is 9.96. The SMILES string of the molecule is Cc1nc([C@@H]2CCCN(C(=O)[C@H]3Cc4cc(F)ccc4O3)C2)no1. The van der Waals surface area contributed by atoms with Gasteiger partial charge in [-0.1, -0.05) is 5.16 Å². The number of carbonyl (C=O) groups is 1. The molecule has 0 unspecified atom stereocenters. The molecule has 2 aliphatic heterocycles. The molecule has 3 heterocycles. The summed E-state index contributed by atoms with van der Waals surface area (Å²) in [6, 6.07) is 4.37. The maximum Gasteiger partial charge on any atom is 0.264 e. The Labute approximate surface area is 138 Å². The molecule has 0 aliphatic carbocycles. The average Bonchev–Trinajstić information content (AvgIpc) is 3.20. The molecule has 6 nitrogen and oxygen atoms in total. The van der Waals surface area contributed by atoms with Crippen LogP contribution in [0.25, 0.3) is 0 Å². The van der Waals surface area contributed by atoms with Gasteiger partial charge in [-0.15, -0.1) is 0 Å². The van der Waals surface area contributed by atoms with E-state index in [1.165, 1.54) is 12.1 Å². The number of likely N-dealkylation sites (tertiary alicyclic amines) is 1. The quantitative estimate of drug-likeness (QED) is 0.844. The van der Waals surface area contributed by atoms with Gasteiger partial charge in [0, 0.05) is 37.9 Å². The molecule has 0 bridgehead atoms. The van der Waals surface area contributed by atoms with Crippen LogP contribution in [0.4, 0.5) is 4.39 Å². The highest BCUT2D eigenvalue weighted by Crippen LogP contribution is 2.31. The Balaban J connectivity index is 1.45. The lowest BCUT2D eigenvalue weighted by Crippen LogP contribution is -2.46. The van der Waals surface area contributed by atoms with E-state index in [0.29, 0.717) is 37.0 Å². The fourth-order valence-electron chi connectivity index (χ4n) is 3.43. The molecule has 1 aromatic heterocycles. The van der Waals surface area contributed by atoms with Gasteiger partial charge in [-0.3, -0.25) is 4.79 Å². The van der Waals surface area contributed by atoms with Crippen molar-refractivity contribution in [1.82, 2.24) is 15.0 Å². The maximum absolute atomic E-state index is 13.3. The molecule has 1 amide bonds. The van der Waals surface area contributed by atoms with E-state index < -0.39 is 6.10 Å². The molecule has 2 aromatic rings. The summed E-state index contributed by atoms with van der Waals surface area (Å²) >= 11 is 0. The number of amides is 1. The van der Waals surface area contributed by atoms with Gasteiger partial charge in [0.05, 0.1) is 0 Å². The highest BCUT2D eigenvalue weighted by molar-refractivity contribution is 5.82. The summed E-state index contributed by atoms with van der Waals surface area (Å²) in [6.45, 7) is 3.00. The molecule has 1 fully saturated rings. The number of aryl methyl sites for hydroxylation is 1. The molecular formula is C17H18FN3O3. The van der Waals surface area contributed by atoms with Crippen molar-refractivity contribution < 1.29 is 18.4 Å². The van der Waals surface area contributed by atoms with Crippen LogP contribution in [0, 0.1) is 12.7 Å². The predicted octanol–water partition coefficient (Wildman–Crippen LogP) is 2.23. The van der Waals surface area contributed by atoms with Crippen LogP contribution < -0.4 is 4.74 Å². The first kappa shape index (κ1) is 15.1. The van der Waals surface area contributed by atoms with Crippen LogP contribution in [0.15, 0.2) is 22.7 Å². The van der Waals surface area contributed by atoms with Crippen molar-refractivity contribution in [2.24, 2.45) is 0 Å². The van der Waals surface area contributed by atoms with Crippen LogP contribution in [-0.2, 0) is 11.2 Å². The monoisotopic (exact) mass is 331 g/mol. The lowest BCUT2D eigenvalue weighted by molar-refractivity contribution is -0.139. The van der Waals surface area contributed by atoms with Gasteiger partial charge in [0.15, 0.2) is 11.9 Å². The Morgan fingerprint density at radius 2 is 2.29 bits per heavy atom. The molecule has 4 rings (SSSR count). The van der Waals surface area contributed by atoms with Gasteiger partial charge >= 0.3 is 0 Å². The predicted molar refractivity (Wildman–Crippen MR) is 82.1 cm³/mol. The van der Waals surface area contributed by atoms with Gasteiger partial charge in [0.1, 0.15) is 11.6 Å². The van der Waals surface area contributed by atoms with E-state index >= 15 is 0 Å². The number of halogens is 1. The van der Waals surface area contributed by atoms with E-state index in [2.05, 4.69) is 10.1 Å². The summed E-state index contributed by atoms with van der Waals surface area (Å²) in [6.07, 6.45) is 1.65. The molecule has 126 valence electrons. The fourth-order valence-corrected chi connectivity index (χ4v) is 3.43. The van der Waals surface area contributed by atoms with Crippen LogP contribution in [0.5, 0.6) is 5.75 Å². The first-order valence-corrected chi connectivity index (χ1v) is 8.14. The first-order valence-electron chi connectivity index (χ1n) is 8.14. The molecule has 24 heavy (non-hydrogen) atoms. The zero-order valence-corrected chi connectivity index (χ0v) is 13.4. The second kappa shape index (κ2) is 5.89. The minimum atomic E-state index is -0.576. The lowest BCUT2D eigenvalue weighted by Gasteiger charge is -2.32. The number of fused-ring (bicyclic) bond motifs is 1. The number of ether oxygens (including phenoxy) is 1. The van der Waals surface area contributed by atoms with E-state index in [1.807, 2.05) is 0 Å². The molecule has 2 aliphatic rings. The first-order chi connectivity index (χ1) is 11.6. The Bertz CT molecular complexity index is 776. The van der Waals surface area contributed by atoms with Gasteiger partial charge < -0.3 is 14.2 Å². The van der Waals surface area contributed by atoms with Crippen LogP contribution >= 0.6 is 0 Å². The minimum Gasteiger partial charge on any atom is -0.480 e. The molecule has 0 spiro atoms. The topological polar surface area (TPSA) is 68.5 Å².